The zero-order chi connectivity index (χ0) is 9.26. The molecule has 1 aliphatic rings. The lowest BCUT2D eigenvalue weighted by atomic mass is 10.0. The number of rotatable bonds is 3. The Bertz CT molecular complexity index is 271. The van der Waals surface area contributed by atoms with E-state index in [4.69, 9.17) is 5.11 Å². The highest BCUT2D eigenvalue weighted by atomic mass is 16.3. The second-order valence-corrected chi connectivity index (χ2v) is 3.70. The fourth-order valence-corrected chi connectivity index (χ4v) is 1.77. The number of hydrogen-bond donors (Lipinski definition) is 2. The predicted octanol–water partition coefficient (Wildman–Crippen LogP) is 1.35. The predicted molar refractivity (Wildman–Crippen MR) is 50.1 cm³/mol. The van der Waals surface area contributed by atoms with E-state index in [0.29, 0.717) is 5.92 Å². The highest BCUT2D eigenvalue weighted by Gasteiger charge is 2.42. The summed E-state index contributed by atoms with van der Waals surface area (Å²) in [5.41, 5.74) is 0.962. The smallest absolute Gasteiger partial charge is 0.0821 e. The molecule has 1 saturated carbocycles. The Balaban J connectivity index is 2.03. The molecule has 1 aromatic carbocycles. The molecule has 2 rings (SSSR count). The van der Waals surface area contributed by atoms with Gasteiger partial charge in [-0.3, -0.25) is 0 Å². The van der Waals surface area contributed by atoms with Gasteiger partial charge in [0.1, 0.15) is 0 Å². The van der Waals surface area contributed by atoms with Crippen LogP contribution in [0.1, 0.15) is 18.1 Å². The molecule has 0 aliphatic heterocycles. The quantitative estimate of drug-likeness (QED) is 0.733. The zero-order valence-corrected chi connectivity index (χ0v) is 7.43. The van der Waals surface area contributed by atoms with Gasteiger partial charge in [0.2, 0.25) is 0 Å². The number of benzene rings is 1. The molecule has 2 N–H and O–H groups in total. The number of hydrogen-bond acceptors (Lipinski definition) is 2. The van der Waals surface area contributed by atoms with Crippen molar-refractivity contribution in [3.05, 3.63) is 35.9 Å². The lowest BCUT2D eigenvalue weighted by molar-refractivity contribution is 0.137. The first-order chi connectivity index (χ1) is 6.33. The Morgan fingerprint density at radius 3 is 2.54 bits per heavy atom. The third-order valence-electron chi connectivity index (χ3n) is 2.76. The molecular formula is C11H14O2. The van der Waals surface area contributed by atoms with E-state index in [1.807, 2.05) is 30.3 Å². The fraction of sp³-hybridized carbons (Fsp3) is 0.455. The van der Waals surface area contributed by atoms with Crippen molar-refractivity contribution in [3.8, 4) is 0 Å². The molecule has 2 heteroatoms. The van der Waals surface area contributed by atoms with Crippen molar-refractivity contribution in [2.45, 2.75) is 12.5 Å². The van der Waals surface area contributed by atoms with E-state index in [0.717, 1.165) is 12.0 Å². The van der Waals surface area contributed by atoms with Crippen molar-refractivity contribution in [2.24, 2.45) is 11.8 Å². The standard InChI is InChI=1S/C11H14O2/c12-7-9-6-10(9)11(13)8-4-2-1-3-5-8/h1-5,9-13H,6-7H2/t9-,10+,11?/m0/s1. The Hall–Kier alpha value is -0.860. The second-order valence-electron chi connectivity index (χ2n) is 3.70. The van der Waals surface area contributed by atoms with Crippen LogP contribution < -0.4 is 0 Å². The maximum absolute atomic E-state index is 9.85. The fourth-order valence-electron chi connectivity index (χ4n) is 1.77. The van der Waals surface area contributed by atoms with Gasteiger partial charge in [-0.15, -0.1) is 0 Å². The maximum Gasteiger partial charge on any atom is 0.0821 e. The lowest BCUT2D eigenvalue weighted by Crippen LogP contribution is -2.02. The van der Waals surface area contributed by atoms with Gasteiger partial charge in [0.05, 0.1) is 6.10 Å². The Morgan fingerprint density at radius 2 is 2.00 bits per heavy atom. The molecule has 0 aromatic heterocycles. The van der Waals surface area contributed by atoms with Crippen LogP contribution in [0.4, 0.5) is 0 Å². The molecule has 0 bridgehead atoms. The van der Waals surface area contributed by atoms with Crippen LogP contribution in [0.15, 0.2) is 30.3 Å². The van der Waals surface area contributed by atoms with Gasteiger partial charge >= 0.3 is 0 Å². The minimum atomic E-state index is -0.390. The third-order valence-corrected chi connectivity index (χ3v) is 2.76. The van der Waals surface area contributed by atoms with Gasteiger partial charge in [0.15, 0.2) is 0 Å². The van der Waals surface area contributed by atoms with Gasteiger partial charge in [-0.1, -0.05) is 30.3 Å². The summed E-state index contributed by atoms with van der Waals surface area (Å²) in [6, 6.07) is 9.64. The molecule has 0 saturated heterocycles. The van der Waals surface area contributed by atoms with Crippen LogP contribution in [0, 0.1) is 11.8 Å². The van der Waals surface area contributed by atoms with E-state index in [2.05, 4.69) is 0 Å². The van der Waals surface area contributed by atoms with Gasteiger partial charge in [0, 0.05) is 6.61 Å². The zero-order valence-electron chi connectivity index (χ0n) is 7.43. The summed E-state index contributed by atoms with van der Waals surface area (Å²) in [6.07, 6.45) is 0.561. The second kappa shape index (κ2) is 3.48. The van der Waals surface area contributed by atoms with Crippen molar-refractivity contribution >= 4 is 0 Å². The van der Waals surface area contributed by atoms with E-state index in [1.54, 1.807) is 0 Å². The van der Waals surface area contributed by atoms with Crippen LogP contribution in [0.2, 0.25) is 0 Å². The van der Waals surface area contributed by atoms with Crippen LogP contribution >= 0.6 is 0 Å². The molecule has 3 atom stereocenters. The van der Waals surface area contributed by atoms with E-state index in [1.165, 1.54) is 0 Å². The Labute approximate surface area is 77.8 Å². The summed E-state index contributed by atoms with van der Waals surface area (Å²) in [4.78, 5) is 0. The average Bonchev–Trinajstić information content (AvgIpc) is 2.97. The first-order valence-electron chi connectivity index (χ1n) is 4.67. The van der Waals surface area contributed by atoms with Crippen molar-refractivity contribution in [3.63, 3.8) is 0 Å². The molecule has 1 aliphatic carbocycles. The van der Waals surface area contributed by atoms with Gasteiger partial charge in [-0.25, -0.2) is 0 Å². The van der Waals surface area contributed by atoms with Crippen molar-refractivity contribution in [1.82, 2.24) is 0 Å². The van der Waals surface area contributed by atoms with Crippen molar-refractivity contribution in [2.75, 3.05) is 6.61 Å². The first-order valence-corrected chi connectivity index (χ1v) is 4.67. The molecular weight excluding hydrogens is 164 g/mol. The van der Waals surface area contributed by atoms with Crippen LogP contribution in [0.25, 0.3) is 0 Å². The normalized spacial score (nSPS) is 28.5. The minimum Gasteiger partial charge on any atom is -0.396 e. The van der Waals surface area contributed by atoms with Gasteiger partial charge in [-0.2, -0.15) is 0 Å². The highest BCUT2D eigenvalue weighted by Crippen LogP contribution is 2.46. The summed E-state index contributed by atoms with van der Waals surface area (Å²) in [5, 5.41) is 18.7. The van der Waals surface area contributed by atoms with Crippen molar-refractivity contribution < 1.29 is 10.2 Å². The summed E-state index contributed by atoms with van der Waals surface area (Å²) < 4.78 is 0. The molecule has 0 spiro atoms. The molecule has 1 fully saturated rings. The number of aliphatic hydroxyl groups excluding tert-OH is 2. The van der Waals surface area contributed by atoms with Crippen LogP contribution in [0.3, 0.4) is 0 Å². The minimum absolute atomic E-state index is 0.203. The molecule has 0 radical (unpaired) electrons. The molecule has 1 unspecified atom stereocenters. The van der Waals surface area contributed by atoms with E-state index >= 15 is 0 Å². The van der Waals surface area contributed by atoms with Gasteiger partial charge in [0.25, 0.3) is 0 Å². The summed E-state index contributed by atoms with van der Waals surface area (Å²) in [5.74, 6) is 0.586. The largest absolute Gasteiger partial charge is 0.396 e. The van der Waals surface area contributed by atoms with Crippen LogP contribution in [-0.4, -0.2) is 16.8 Å². The molecule has 70 valence electrons. The SMILES string of the molecule is OC[C@@H]1C[C@H]1C(O)c1ccccc1. The van der Waals surface area contributed by atoms with Crippen LogP contribution in [0.5, 0.6) is 0 Å². The summed E-state index contributed by atoms with van der Waals surface area (Å²) in [6.45, 7) is 0.203. The lowest BCUT2D eigenvalue weighted by Gasteiger charge is -2.09. The Kier molecular flexibility index (Phi) is 2.34. The van der Waals surface area contributed by atoms with Crippen LogP contribution in [-0.2, 0) is 0 Å². The first kappa shape index (κ1) is 8.73. The van der Waals surface area contributed by atoms with E-state index < -0.39 is 6.10 Å². The maximum atomic E-state index is 9.85. The average molecular weight is 178 g/mol. The molecule has 2 nitrogen and oxygen atoms in total. The van der Waals surface area contributed by atoms with Gasteiger partial charge in [-0.05, 0) is 23.8 Å². The summed E-state index contributed by atoms with van der Waals surface area (Å²) >= 11 is 0. The van der Waals surface area contributed by atoms with E-state index in [-0.39, 0.29) is 12.5 Å². The molecule has 0 amide bonds. The third kappa shape index (κ3) is 1.74. The van der Waals surface area contributed by atoms with Gasteiger partial charge < -0.3 is 10.2 Å². The summed E-state index contributed by atoms with van der Waals surface area (Å²) in [7, 11) is 0. The van der Waals surface area contributed by atoms with E-state index in [9.17, 15) is 5.11 Å². The number of aliphatic hydroxyl groups is 2. The monoisotopic (exact) mass is 178 g/mol. The Morgan fingerprint density at radius 1 is 1.31 bits per heavy atom. The topological polar surface area (TPSA) is 40.5 Å². The molecule has 0 heterocycles. The molecule has 1 aromatic rings. The molecule has 13 heavy (non-hydrogen) atoms. The van der Waals surface area contributed by atoms with Crippen molar-refractivity contribution in [1.29, 1.82) is 0 Å². The highest BCUT2D eigenvalue weighted by molar-refractivity contribution is 5.19.